The first-order valence-corrected chi connectivity index (χ1v) is 16.9. The van der Waals surface area contributed by atoms with Gasteiger partial charge in [0.15, 0.2) is 0 Å². The van der Waals surface area contributed by atoms with E-state index in [4.69, 9.17) is 14.0 Å². The predicted molar refractivity (Wildman–Crippen MR) is 167 cm³/mol. The zero-order chi connectivity index (χ0) is 36.0. The van der Waals surface area contributed by atoms with Gasteiger partial charge in [-0.05, 0) is 56.0 Å². The van der Waals surface area contributed by atoms with E-state index >= 15 is 0 Å². The van der Waals surface area contributed by atoms with Crippen LogP contribution in [0.25, 0.3) is 11.4 Å². The molecule has 51 heavy (non-hydrogen) atoms. The number of carbonyl (C=O) groups excluding carboxylic acids is 2. The molecule has 1 saturated carbocycles. The molecule has 0 atom stereocenters. The number of piperidine rings is 1. The van der Waals surface area contributed by atoms with E-state index in [-0.39, 0.29) is 29.7 Å². The Morgan fingerprint density at radius 2 is 1.55 bits per heavy atom. The van der Waals surface area contributed by atoms with Crippen LogP contribution in [0.2, 0.25) is 0 Å². The number of hydrogen-bond donors (Lipinski definition) is 0. The number of halogens is 6. The highest BCUT2D eigenvalue weighted by Gasteiger charge is 2.58. The minimum absolute atomic E-state index is 0.167. The molecule has 0 bridgehead atoms. The topological polar surface area (TPSA) is 104 Å². The summed E-state index contributed by atoms with van der Waals surface area (Å²) in [6.45, 7) is 4.50. The van der Waals surface area contributed by atoms with Crippen molar-refractivity contribution in [3.63, 3.8) is 0 Å². The minimum atomic E-state index is -5.02. The van der Waals surface area contributed by atoms with Crippen LogP contribution in [0.1, 0.15) is 49.1 Å². The van der Waals surface area contributed by atoms with E-state index in [1.165, 1.54) is 12.5 Å². The van der Waals surface area contributed by atoms with E-state index in [0.29, 0.717) is 70.4 Å². The van der Waals surface area contributed by atoms with Crippen molar-refractivity contribution in [2.45, 2.75) is 62.6 Å². The molecule has 11 nitrogen and oxygen atoms in total. The molecule has 0 N–H and O–H groups in total. The molecule has 3 saturated heterocycles. The number of benzene rings is 2. The van der Waals surface area contributed by atoms with Crippen molar-refractivity contribution in [2.75, 3.05) is 52.5 Å². The Bertz CT molecular complexity index is 1750. The number of amides is 3. The standard InChI is InChI=1S/C34H36F6N6O5/c35-33(36,37)24-6-1-2-7-26(24)50-27-9-8-22(20-25(27)34(38,39)40)29-41-28(51-42-29)21-45-30(47)32(10-12-44(13-11-32)23-4-3-5-23)46(31(45)48)15-14-43-16-18-49-19-17-43/h1-2,6-9,20,23H,3-5,10-19,21H2. The van der Waals surface area contributed by atoms with Crippen LogP contribution in [0.15, 0.2) is 47.0 Å². The van der Waals surface area contributed by atoms with Gasteiger partial charge in [-0.25, -0.2) is 4.79 Å². The molecule has 4 fully saturated rings. The Kier molecular flexibility index (Phi) is 9.47. The van der Waals surface area contributed by atoms with E-state index in [9.17, 15) is 35.9 Å². The molecule has 2 aromatic carbocycles. The summed E-state index contributed by atoms with van der Waals surface area (Å²) in [5.41, 5.74) is -3.80. The average Bonchev–Trinajstić information content (AvgIpc) is 3.61. The van der Waals surface area contributed by atoms with E-state index in [1.807, 2.05) is 0 Å². The smallest absolute Gasteiger partial charge is 0.420 e. The van der Waals surface area contributed by atoms with Gasteiger partial charge in [-0.3, -0.25) is 14.6 Å². The van der Waals surface area contributed by atoms with Crippen LogP contribution in [-0.2, 0) is 28.4 Å². The van der Waals surface area contributed by atoms with Gasteiger partial charge in [-0.15, -0.1) is 0 Å². The Hall–Kier alpha value is -4.22. The van der Waals surface area contributed by atoms with Crippen molar-refractivity contribution in [3.05, 3.63) is 59.5 Å². The fraction of sp³-hybridized carbons (Fsp3) is 0.529. The van der Waals surface area contributed by atoms with Gasteiger partial charge in [0.25, 0.3) is 5.91 Å². The zero-order valence-electron chi connectivity index (χ0n) is 27.5. The second-order valence-electron chi connectivity index (χ2n) is 13.2. The lowest BCUT2D eigenvalue weighted by molar-refractivity contribution is -0.139. The number of urea groups is 1. The molecule has 17 heteroatoms. The maximum Gasteiger partial charge on any atom is 0.420 e. The molecule has 3 aliphatic heterocycles. The number of aromatic nitrogens is 2. The normalized spacial score (nSPS) is 20.7. The number of rotatable bonds is 9. The Morgan fingerprint density at radius 1 is 0.863 bits per heavy atom. The number of carbonyl (C=O) groups is 2. The van der Waals surface area contributed by atoms with Crippen molar-refractivity contribution in [2.24, 2.45) is 0 Å². The lowest BCUT2D eigenvalue weighted by atomic mass is 9.82. The molecule has 1 spiro atoms. The van der Waals surface area contributed by atoms with Gasteiger partial charge in [-0.2, -0.15) is 31.3 Å². The van der Waals surface area contributed by atoms with Crippen molar-refractivity contribution in [3.8, 4) is 22.9 Å². The number of alkyl halides is 6. The molecule has 274 valence electrons. The van der Waals surface area contributed by atoms with E-state index in [2.05, 4.69) is 19.9 Å². The summed E-state index contributed by atoms with van der Waals surface area (Å²) in [4.78, 5) is 39.6. The van der Waals surface area contributed by atoms with Crippen LogP contribution < -0.4 is 4.74 Å². The largest absolute Gasteiger partial charge is 0.456 e. The van der Waals surface area contributed by atoms with Crippen LogP contribution in [-0.4, -0.2) is 106 Å². The highest BCUT2D eigenvalue weighted by Crippen LogP contribution is 2.44. The highest BCUT2D eigenvalue weighted by molar-refractivity contribution is 6.07. The van der Waals surface area contributed by atoms with Gasteiger partial charge in [0.2, 0.25) is 11.7 Å². The fourth-order valence-electron chi connectivity index (χ4n) is 7.25. The maximum atomic E-state index is 14.2. The lowest BCUT2D eigenvalue weighted by Crippen LogP contribution is -2.59. The van der Waals surface area contributed by atoms with Crippen LogP contribution in [0.4, 0.5) is 31.1 Å². The molecule has 4 heterocycles. The van der Waals surface area contributed by atoms with Crippen molar-refractivity contribution in [1.82, 2.24) is 29.7 Å². The molecule has 1 aromatic heterocycles. The Morgan fingerprint density at radius 3 is 2.22 bits per heavy atom. The number of hydrogen-bond acceptors (Lipinski definition) is 9. The summed E-state index contributed by atoms with van der Waals surface area (Å²) in [6, 6.07) is 6.62. The summed E-state index contributed by atoms with van der Waals surface area (Å²) in [5, 5.41) is 3.80. The van der Waals surface area contributed by atoms with Gasteiger partial charge in [0, 0.05) is 50.9 Å². The SMILES string of the molecule is O=C1N(Cc2nc(-c3ccc(Oc4ccccc4C(F)(F)F)c(C(F)(F)F)c3)no2)C(=O)C2(CCN(C3CCC3)CC2)N1CCN1CCOCC1. The number of morpholine rings is 1. The number of likely N-dealkylation sites (tertiary alicyclic amines) is 1. The molecule has 3 amide bonds. The molecular weight excluding hydrogens is 686 g/mol. The van der Waals surface area contributed by atoms with Crippen LogP contribution in [0.5, 0.6) is 11.5 Å². The van der Waals surface area contributed by atoms with E-state index in [0.717, 1.165) is 55.1 Å². The fourth-order valence-corrected chi connectivity index (χ4v) is 7.25. The monoisotopic (exact) mass is 722 g/mol. The van der Waals surface area contributed by atoms with E-state index in [1.54, 1.807) is 4.90 Å². The van der Waals surface area contributed by atoms with Gasteiger partial charge < -0.3 is 23.8 Å². The summed E-state index contributed by atoms with van der Waals surface area (Å²) in [5.74, 6) is -2.47. The molecule has 1 aliphatic carbocycles. The molecular formula is C34H36F6N6O5. The minimum Gasteiger partial charge on any atom is -0.456 e. The first kappa shape index (κ1) is 35.2. The van der Waals surface area contributed by atoms with E-state index < -0.39 is 46.5 Å². The quantitative estimate of drug-likeness (QED) is 0.193. The average molecular weight is 723 g/mol. The van der Waals surface area contributed by atoms with Crippen molar-refractivity contribution >= 4 is 11.9 Å². The van der Waals surface area contributed by atoms with Gasteiger partial charge in [-0.1, -0.05) is 23.7 Å². The summed E-state index contributed by atoms with van der Waals surface area (Å²) in [6.07, 6.45) is -5.50. The Balaban J connectivity index is 1.11. The van der Waals surface area contributed by atoms with Crippen LogP contribution >= 0.6 is 0 Å². The number of para-hydroxylation sites is 1. The second kappa shape index (κ2) is 13.7. The number of imide groups is 1. The third-order valence-electron chi connectivity index (χ3n) is 10.3. The Labute approximate surface area is 289 Å². The third-order valence-corrected chi connectivity index (χ3v) is 10.3. The summed E-state index contributed by atoms with van der Waals surface area (Å²) >= 11 is 0. The zero-order valence-corrected chi connectivity index (χ0v) is 27.5. The third kappa shape index (κ3) is 7.02. The molecule has 3 aromatic rings. The van der Waals surface area contributed by atoms with Gasteiger partial charge >= 0.3 is 18.4 Å². The summed E-state index contributed by atoms with van der Waals surface area (Å²) < 4.78 is 98.9. The summed E-state index contributed by atoms with van der Waals surface area (Å²) in [7, 11) is 0. The van der Waals surface area contributed by atoms with Crippen LogP contribution in [0.3, 0.4) is 0 Å². The number of ether oxygens (including phenoxy) is 2. The maximum absolute atomic E-state index is 14.2. The lowest BCUT2D eigenvalue weighted by Gasteiger charge is -2.47. The van der Waals surface area contributed by atoms with Gasteiger partial charge in [0.1, 0.15) is 23.6 Å². The highest BCUT2D eigenvalue weighted by atomic mass is 19.4. The predicted octanol–water partition coefficient (Wildman–Crippen LogP) is 6.05. The first-order chi connectivity index (χ1) is 24.3. The first-order valence-electron chi connectivity index (χ1n) is 16.9. The molecule has 0 radical (unpaired) electrons. The van der Waals surface area contributed by atoms with Crippen LogP contribution in [0, 0.1) is 0 Å². The van der Waals surface area contributed by atoms with Crippen molar-refractivity contribution in [1.29, 1.82) is 0 Å². The van der Waals surface area contributed by atoms with Gasteiger partial charge in [0.05, 0.1) is 24.3 Å². The molecule has 7 rings (SSSR count). The molecule has 0 unspecified atom stereocenters. The number of nitrogens with zero attached hydrogens (tertiary/aromatic N) is 6. The second-order valence-corrected chi connectivity index (χ2v) is 13.2. The van der Waals surface area contributed by atoms with Crippen molar-refractivity contribution < 1.29 is 49.9 Å². The molecule has 4 aliphatic rings.